The largest absolute Gasteiger partial charge is 0.420 e. The normalized spacial score (nSPS) is 16.3. The van der Waals surface area contributed by atoms with Gasteiger partial charge in [0.25, 0.3) is 0 Å². The Morgan fingerprint density at radius 2 is 2.19 bits per heavy atom. The number of allylic oxidation sites excluding steroid dienone is 1. The number of hydrogen-bond acceptors (Lipinski definition) is 5. The van der Waals surface area contributed by atoms with E-state index in [9.17, 15) is 5.26 Å². The van der Waals surface area contributed by atoms with Crippen molar-refractivity contribution in [2.45, 2.75) is 25.7 Å². The molecule has 1 aliphatic rings. The number of hydrogen-bond donors (Lipinski definition) is 2. The molecular formula is C19H16ClN5O. The molecule has 7 heteroatoms. The lowest BCUT2D eigenvalue weighted by Gasteiger charge is -2.24. The maximum absolute atomic E-state index is 9.72. The van der Waals surface area contributed by atoms with Gasteiger partial charge in [-0.05, 0) is 18.6 Å². The predicted molar refractivity (Wildman–Crippen MR) is 98.6 cm³/mol. The van der Waals surface area contributed by atoms with E-state index in [-0.39, 0.29) is 5.88 Å². The lowest BCUT2D eigenvalue weighted by molar-refractivity contribution is 0.378. The number of aromatic nitrogens is 3. The van der Waals surface area contributed by atoms with Crippen LogP contribution in [0.1, 0.15) is 36.1 Å². The van der Waals surface area contributed by atoms with Crippen LogP contribution in [0.3, 0.4) is 0 Å². The molecule has 0 spiro atoms. The molecule has 0 fully saturated rings. The number of nitrogens with zero attached hydrogens (tertiary/aromatic N) is 3. The van der Waals surface area contributed by atoms with E-state index in [0.29, 0.717) is 22.2 Å². The van der Waals surface area contributed by atoms with Crippen LogP contribution >= 0.6 is 11.6 Å². The molecule has 1 atom stereocenters. The fourth-order valence-electron chi connectivity index (χ4n) is 3.37. The van der Waals surface area contributed by atoms with Crippen LogP contribution in [0.15, 0.2) is 41.8 Å². The summed E-state index contributed by atoms with van der Waals surface area (Å²) in [7, 11) is 0. The van der Waals surface area contributed by atoms with E-state index in [2.05, 4.69) is 28.2 Å². The number of nitrogens with one attached hydrogen (secondary N) is 1. The quantitative estimate of drug-likeness (QED) is 0.688. The summed E-state index contributed by atoms with van der Waals surface area (Å²) in [5, 5.41) is 18.2. The number of H-pyrrole nitrogens is 1. The van der Waals surface area contributed by atoms with Gasteiger partial charge in [0.05, 0.1) is 17.0 Å². The van der Waals surface area contributed by atoms with Crippen LogP contribution in [0.25, 0.3) is 10.9 Å². The zero-order valence-corrected chi connectivity index (χ0v) is 14.8. The topological polar surface area (TPSA) is 101 Å². The van der Waals surface area contributed by atoms with Gasteiger partial charge in [0, 0.05) is 16.6 Å². The highest BCUT2D eigenvalue weighted by atomic mass is 35.5. The van der Waals surface area contributed by atoms with Crippen molar-refractivity contribution in [3.63, 3.8) is 0 Å². The minimum Gasteiger partial charge on any atom is -0.420 e. The summed E-state index contributed by atoms with van der Waals surface area (Å²) >= 11 is 6.51. The summed E-state index contributed by atoms with van der Waals surface area (Å²) in [6.45, 7) is 2.08. The molecule has 3 heterocycles. The number of aryl methyl sites for hydroxylation is 1. The molecule has 6 nitrogen and oxygen atoms in total. The number of aromatic amines is 1. The summed E-state index contributed by atoms with van der Waals surface area (Å²) in [5.41, 5.74) is 9.54. The van der Waals surface area contributed by atoms with Crippen molar-refractivity contribution >= 4 is 22.5 Å². The van der Waals surface area contributed by atoms with Crippen molar-refractivity contribution in [2.24, 2.45) is 5.73 Å². The van der Waals surface area contributed by atoms with Gasteiger partial charge < -0.3 is 10.5 Å². The van der Waals surface area contributed by atoms with Crippen LogP contribution in [0.4, 0.5) is 0 Å². The highest BCUT2D eigenvalue weighted by molar-refractivity contribution is 6.30. The second kappa shape index (κ2) is 6.36. The number of rotatable bonds is 3. The van der Waals surface area contributed by atoms with Crippen molar-refractivity contribution in [1.29, 1.82) is 5.26 Å². The van der Waals surface area contributed by atoms with E-state index in [1.165, 1.54) is 0 Å². The average molecular weight is 366 g/mol. The zero-order chi connectivity index (χ0) is 18.3. The molecule has 1 aliphatic heterocycles. The number of para-hydroxylation sites is 1. The third kappa shape index (κ3) is 2.49. The number of ether oxygens (including phenoxy) is 1. The molecule has 3 N–H and O–H groups in total. The summed E-state index contributed by atoms with van der Waals surface area (Å²) < 4.78 is 5.57. The van der Waals surface area contributed by atoms with Gasteiger partial charge in [0.1, 0.15) is 16.8 Å². The van der Waals surface area contributed by atoms with Gasteiger partial charge in [0.2, 0.25) is 11.8 Å². The molecule has 0 aliphatic carbocycles. The maximum Gasteiger partial charge on any atom is 0.244 e. The van der Waals surface area contributed by atoms with E-state index in [1.54, 1.807) is 0 Å². The standard InChI is InChI=1S/C19H16ClN5O/c1-2-5-14-16-15(12(9-21)18(22)26-19(16)25-24-14)11-8-10-6-3-4-7-13(10)23-17(11)20/h3-4,6-8,15H,2,5,22H2,1H3,(H,24,25)/t15-/m1/s1. The van der Waals surface area contributed by atoms with Gasteiger partial charge in [0.15, 0.2) is 0 Å². The third-order valence-corrected chi connectivity index (χ3v) is 4.84. The molecule has 0 saturated carbocycles. The van der Waals surface area contributed by atoms with Crippen LogP contribution < -0.4 is 10.5 Å². The first-order valence-corrected chi connectivity index (χ1v) is 8.71. The van der Waals surface area contributed by atoms with Crippen LogP contribution in [0, 0.1) is 11.3 Å². The Hall–Kier alpha value is -3.04. The first-order chi connectivity index (χ1) is 12.6. The van der Waals surface area contributed by atoms with Gasteiger partial charge in [-0.3, -0.25) is 5.10 Å². The average Bonchev–Trinajstić information content (AvgIpc) is 3.02. The molecular weight excluding hydrogens is 350 g/mol. The molecule has 0 radical (unpaired) electrons. The second-order valence-corrected chi connectivity index (χ2v) is 6.51. The Kier molecular flexibility index (Phi) is 4.02. The Morgan fingerprint density at radius 3 is 2.96 bits per heavy atom. The highest BCUT2D eigenvalue weighted by Crippen LogP contribution is 2.45. The van der Waals surface area contributed by atoms with Gasteiger partial charge in [-0.15, -0.1) is 5.10 Å². The number of nitrogens with two attached hydrogens (primary N) is 1. The molecule has 0 bridgehead atoms. The smallest absolute Gasteiger partial charge is 0.244 e. The minimum absolute atomic E-state index is 0.0452. The highest BCUT2D eigenvalue weighted by Gasteiger charge is 2.36. The summed E-state index contributed by atoms with van der Waals surface area (Å²) in [4.78, 5) is 4.50. The van der Waals surface area contributed by atoms with Gasteiger partial charge in [-0.25, -0.2) is 4.98 Å². The first-order valence-electron chi connectivity index (χ1n) is 8.34. The van der Waals surface area contributed by atoms with E-state index in [1.807, 2.05) is 30.3 Å². The first kappa shape index (κ1) is 16.4. The molecule has 3 aromatic rings. The van der Waals surface area contributed by atoms with Gasteiger partial charge in [-0.1, -0.05) is 43.1 Å². The van der Waals surface area contributed by atoms with Gasteiger partial charge >= 0.3 is 0 Å². The molecule has 130 valence electrons. The number of fused-ring (bicyclic) bond motifs is 2. The van der Waals surface area contributed by atoms with E-state index in [0.717, 1.165) is 35.0 Å². The van der Waals surface area contributed by atoms with Crippen molar-refractivity contribution in [1.82, 2.24) is 15.2 Å². The van der Waals surface area contributed by atoms with Crippen molar-refractivity contribution in [3.8, 4) is 11.9 Å². The monoisotopic (exact) mass is 365 g/mol. The summed E-state index contributed by atoms with van der Waals surface area (Å²) in [6.07, 6.45) is 1.70. The lowest BCUT2D eigenvalue weighted by Crippen LogP contribution is -2.21. The SMILES string of the molecule is CCCc1[nH]nc2c1[C@H](c1cc3ccccc3nc1Cl)C(C#N)=C(N)O2. The zero-order valence-electron chi connectivity index (χ0n) is 14.1. The van der Waals surface area contributed by atoms with Crippen molar-refractivity contribution in [3.05, 3.63) is 63.8 Å². The minimum atomic E-state index is -0.464. The van der Waals surface area contributed by atoms with Crippen LogP contribution in [-0.4, -0.2) is 15.2 Å². The molecule has 0 amide bonds. The number of pyridine rings is 1. The molecule has 0 saturated heterocycles. The van der Waals surface area contributed by atoms with Crippen LogP contribution in [-0.2, 0) is 6.42 Å². The third-order valence-electron chi connectivity index (χ3n) is 4.53. The second-order valence-electron chi connectivity index (χ2n) is 6.16. The lowest BCUT2D eigenvalue weighted by atomic mass is 9.83. The number of benzene rings is 1. The summed E-state index contributed by atoms with van der Waals surface area (Å²) in [5.74, 6) is -0.0309. The van der Waals surface area contributed by atoms with Crippen molar-refractivity contribution < 1.29 is 4.74 Å². The van der Waals surface area contributed by atoms with E-state index >= 15 is 0 Å². The van der Waals surface area contributed by atoms with E-state index < -0.39 is 5.92 Å². The molecule has 26 heavy (non-hydrogen) atoms. The fraction of sp³-hybridized carbons (Fsp3) is 0.211. The molecule has 2 aromatic heterocycles. The summed E-state index contributed by atoms with van der Waals surface area (Å²) in [6, 6.07) is 11.8. The van der Waals surface area contributed by atoms with Crippen LogP contribution in [0.2, 0.25) is 5.15 Å². The molecule has 0 unspecified atom stereocenters. The van der Waals surface area contributed by atoms with Crippen LogP contribution in [0.5, 0.6) is 5.88 Å². The van der Waals surface area contributed by atoms with E-state index in [4.69, 9.17) is 22.1 Å². The fourth-order valence-corrected chi connectivity index (χ4v) is 3.63. The van der Waals surface area contributed by atoms with Gasteiger partial charge in [-0.2, -0.15) is 5.26 Å². The Balaban J connectivity index is 1.99. The Labute approximate surface area is 155 Å². The maximum atomic E-state index is 9.72. The predicted octanol–water partition coefficient (Wildman–Crippen LogP) is 3.78. The Bertz CT molecular complexity index is 1080. The molecule has 1 aromatic carbocycles. The Morgan fingerprint density at radius 1 is 1.38 bits per heavy atom. The number of nitriles is 1. The number of halogens is 1. The molecule has 4 rings (SSSR count). The van der Waals surface area contributed by atoms with Crippen molar-refractivity contribution in [2.75, 3.05) is 0 Å².